The van der Waals surface area contributed by atoms with Crippen LogP contribution in [0.2, 0.25) is 0 Å². The van der Waals surface area contributed by atoms with Gasteiger partial charge >= 0.3 is 23.7 Å². The third-order valence-electron chi connectivity index (χ3n) is 2.75. The van der Waals surface area contributed by atoms with E-state index >= 15 is 0 Å². The number of anilines is 1. The third kappa shape index (κ3) is 4.72. The van der Waals surface area contributed by atoms with Crippen LogP contribution in [0.3, 0.4) is 0 Å². The molecule has 1 aromatic carbocycles. The number of carbonyl (C=O) groups excluding carboxylic acids is 2. The molecule has 0 spiro atoms. The quantitative estimate of drug-likeness (QED) is 0.314. The Bertz CT molecular complexity index is 854. The van der Waals surface area contributed by atoms with E-state index in [-0.39, 0.29) is 17.0 Å². The van der Waals surface area contributed by atoms with Crippen LogP contribution in [0.5, 0.6) is 0 Å². The summed E-state index contributed by atoms with van der Waals surface area (Å²) in [5, 5.41) is 24.9. The lowest BCUT2D eigenvalue weighted by Crippen LogP contribution is -2.32. The molecule has 0 aliphatic heterocycles. The Morgan fingerprint density at radius 2 is 1.80 bits per heavy atom. The van der Waals surface area contributed by atoms with Crippen LogP contribution in [0.1, 0.15) is 16.1 Å². The molecule has 25 heavy (non-hydrogen) atoms. The number of hydrogen-bond donors (Lipinski definition) is 3. The van der Waals surface area contributed by atoms with Gasteiger partial charge in [-0.25, -0.2) is 10.2 Å². The number of aromatic carboxylic acids is 1. The van der Waals surface area contributed by atoms with Crippen molar-refractivity contribution in [1.82, 2.24) is 5.43 Å². The van der Waals surface area contributed by atoms with Crippen molar-refractivity contribution in [3.8, 4) is 0 Å². The summed E-state index contributed by atoms with van der Waals surface area (Å²) >= 11 is 0. The second-order valence-electron chi connectivity index (χ2n) is 4.47. The van der Waals surface area contributed by atoms with Crippen LogP contribution < -0.4 is 10.7 Å². The van der Waals surface area contributed by atoms with E-state index in [0.29, 0.717) is 0 Å². The number of nitrogens with one attached hydrogen (secondary N) is 2. The van der Waals surface area contributed by atoms with Gasteiger partial charge in [-0.3, -0.25) is 19.7 Å². The predicted octanol–water partition coefficient (Wildman–Crippen LogP) is 0.975. The van der Waals surface area contributed by atoms with Gasteiger partial charge in [-0.15, -0.1) is 0 Å². The molecule has 3 N–H and O–H groups in total. The Hall–Kier alpha value is -4.02. The molecule has 0 saturated carbocycles. The van der Waals surface area contributed by atoms with Crippen molar-refractivity contribution in [3.63, 3.8) is 0 Å². The molecule has 2 aromatic rings. The van der Waals surface area contributed by atoms with Gasteiger partial charge in [-0.05, 0) is 30.3 Å². The Morgan fingerprint density at radius 1 is 1.12 bits per heavy atom. The molecule has 0 bridgehead atoms. The highest BCUT2D eigenvalue weighted by atomic mass is 16.6. The summed E-state index contributed by atoms with van der Waals surface area (Å²) in [6, 6.07) is 7.53. The summed E-state index contributed by atoms with van der Waals surface area (Å²) < 4.78 is 4.77. The Labute approximate surface area is 139 Å². The fraction of sp³-hybridized carbons (Fsp3) is 0. The van der Waals surface area contributed by atoms with Gasteiger partial charge < -0.3 is 14.8 Å². The number of carbonyl (C=O) groups is 3. The molecule has 2 amide bonds. The minimum atomic E-state index is -1.12. The molecule has 128 valence electrons. The zero-order valence-corrected chi connectivity index (χ0v) is 12.3. The summed E-state index contributed by atoms with van der Waals surface area (Å²) in [7, 11) is 0. The molecule has 11 nitrogen and oxygen atoms in total. The highest BCUT2D eigenvalue weighted by molar-refractivity contribution is 6.39. The van der Waals surface area contributed by atoms with Crippen molar-refractivity contribution in [2.75, 3.05) is 5.32 Å². The Kier molecular flexibility index (Phi) is 5.20. The lowest BCUT2D eigenvalue weighted by Gasteiger charge is -2.04. The monoisotopic (exact) mass is 346 g/mol. The molecule has 0 unspecified atom stereocenters. The number of furan rings is 1. The van der Waals surface area contributed by atoms with E-state index < -0.39 is 28.6 Å². The summed E-state index contributed by atoms with van der Waals surface area (Å²) in [5.41, 5.74) is 2.16. The van der Waals surface area contributed by atoms with Gasteiger partial charge in [0.05, 0.1) is 17.8 Å². The van der Waals surface area contributed by atoms with Crippen LogP contribution in [-0.4, -0.2) is 34.0 Å². The summed E-state index contributed by atoms with van der Waals surface area (Å²) in [6.07, 6.45) is 0.986. The smallest absolute Gasteiger partial charge is 0.433 e. The van der Waals surface area contributed by atoms with E-state index in [1.165, 1.54) is 30.3 Å². The zero-order valence-electron chi connectivity index (χ0n) is 12.3. The van der Waals surface area contributed by atoms with Gasteiger partial charge in [0.1, 0.15) is 4.92 Å². The minimum absolute atomic E-state index is 0.0108. The number of nitrogens with zero attached hydrogens (tertiary/aromatic N) is 2. The third-order valence-corrected chi connectivity index (χ3v) is 2.75. The molecular formula is C14H10N4O7. The number of carboxylic acids is 1. The molecule has 0 radical (unpaired) electrons. The van der Waals surface area contributed by atoms with Gasteiger partial charge in [0, 0.05) is 5.69 Å². The lowest BCUT2D eigenvalue weighted by molar-refractivity contribution is -0.402. The van der Waals surface area contributed by atoms with Gasteiger partial charge in [-0.2, -0.15) is 5.10 Å². The maximum atomic E-state index is 11.6. The summed E-state index contributed by atoms with van der Waals surface area (Å²) in [5.74, 6) is -3.74. The highest BCUT2D eigenvalue weighted by Crippen LogP contribution is 2.13. The summed E-state index contributed by atoms with van der Waals surface area (Å²) in [4.78, 5) is 43.6. The first-order valence-electron chi connectivity index (χ1n) is 6.59. The first-order valence-corrected chi connectivity index (χ1v) is 6.59. The van der Waals surface area contributed by atoms with Crippen molar-refractivity contribution in [2.45, 2.75) is 0 Å². The van der Waals surface area contributed by atoms with Crippen LogP contribution in [-0.2, 0) is 9.59 Å². The van der Waals surface area contributed by atoms with E-state index in [9.17, 15) is 24.5 Å². The van der Waals surface area contributed by atoms with Gasteiger partial charge in [0.25, 0.3) is 0 Å². The predicted molar refractivity (Wildman–Crippen MR) is 83.1 cm³/mol. The first-order chi connectivity index (χ1) is 11.9. The number of benzene rings is 1. The average Bonchev–Trinajstić information content (AvgIpc) is 3.04. The molecule has 2 rings (SSSR count). The molecule has 0 aliphatic carbocycles. The zero-order chi connectivity index (χ0) is 18.4. The Morgan fingerprint density at radius 3 is 2.36 bits per heavy atom. The highest BCUT2D eigenvalue weighted by Gasteiger charge is 2.14. The molecule has 0 fully saturated rings. The van der Waals surface area contributed by atoms with Crippen LogP contribution in [0.15, 0.2) is 45.9 Å². The number of carboxylic acid groups (broad SMARTS) is 1. The maximum Gasteiger partial charge on any atom is 0.433 e. The normalized spacial score (nSPS) is 10.4. The second kappa shape index (κ2) is 7.50. The van der Waals surface area contributed by atoms with E-state index in [1.807, 2.05) is 5.43 Å². The van der Waals surface area contributed by atoms with Crippen molar-refractivity contribution >= 4 is 35.6 Å². The number of amides is 2. The molecule has 1 aromatic heterocycles. The topological polar surface area (TPSA) is 164 Å². The molecule has 11 heteroatoms. The van der Waals surface area contributed by atoms with Gasteiger partial charge in [0.15, 0.2) is 5.76 Å². The largest absolute Gasteiger partial charge is 0.478 e. The minimum Gasteiger partial charge on any atom is -0.478 e. The van der Waals surface area contributed by atoms with E-state index in [1.54, 1.807) is 0 Å². The molecular weight excluding hydrogens is 336 g/mol. The van der Waals surface area contributed by atoms with Crippen molar-refractivity contribution in [2.24, 2.45) is 5.10 Å². The summed E-state index contributed by atoms with van der Waals surface area (Å²) in [6.45, 7) is 0. The molecule has 1 heterocycles. The van der Waals surface area contributed by atoms with Crippen LogP contribution in [0.25, 0.3) is 0 Å². The number of hydrazone groups is 1. The SMILES string of the molecule is O=C(N/N=C/c1ccc([N+](=O)[O-])o1)C(=O)Nc1ccc(C(=O)O)cc1. The fourth-order valence-electron chi connectivity index (χ4n) is 1.60. The average molecular weight is 346 g/mol. The lowest BCUT2D eigenvalue weighted by atomic mass is 10.2. The van der Waals surface area contributed by atoms with Crippen LogP contribution >= 0.6 is 0 Å². The number of rotatable bonds is 5. The van der Waals surface area contributed by atoms with Gasteiger partial charge in [-0.1, -0.05) is 0 Å². The van der Waals surface area contributed by atoms with Crippen LogP contribution in [0.4, 0.5) is 11.6 Å². The fourth-order valence-corrected chi connectivity index (χ4v) is 1.60. The first kappa shape index (κ1) is 17.3. The second-order valence-corrected chi connectivity index (χ2v) is 4.47. The Balaban J connectivity index is 1.89. The van der Waals surface area contributed by atoms with Gasteiger partial charge in [0.2, 0.25) is 0 Å². The number of hydrogen-bond acceptors (Lipinski definition) is 7. The maximum absolute atomic E-state index is 11.6. The van der Waals surface area contributed by atoms with E-state index in [2.05, 4.69) is 10.4 Å². The van der Waals surface area contributed by atoms with Crippen molar-refractivity contribution in [3.05, 3.63) is 57.8 Å². The molecule has 0 atom stereocenters. The van der Waals surface area contributed by atoms with E-state index in [4.69, 9.17) is 9.52 Å². The number of nitro groups is 1. The van der Waals surface area contributed by atoms with Crippen LogP contribution in [0, 0.1) is 10.1 Å². The van der Waals surface area contributed by atoms with Crippen molar-refractivity contribution < 1.29 is 28.8 Å². The standard InChI is InChI=1S/C14H10N4O7/c19-12(16-9-3-1-8(2-4-9)14(21)22)13(20)17-15-7-10-5-6-11(25-10)18(23)24/h1-7H,(H,16,19)(H,17,20)(H,21,22)/b15-7+. The molecule has 0 aliphatic rings. The molecule has 0 saturated heterocycles. The van der Waals surface area contributed by atoms with E-state index in [0.717, 1.165) is 12.3 Å². The van der Waals surface area contributed by atoms with Crippen molar-refractivity contribution in [1.29, 1.82) is 0 Å².